The van der Waals surface area contributed by atoms with E-state index in [0.29, 0.717) is 5.52 Å². The zero-order valence-electron chi connectivity index (χ0n) is 6.43. The van der Waals surface area contributed by atoms with Crippen molar-refractivity contribution >= 4 is 22.8 Å². The van der Waals surface area contributed by atoms with E-state index >= 15 is 0 Å². The molecule has 0 aliphatic heterocycles. The second-order valence-electron chi connectivity index (χ2n) is 2.43. The van der Waals surface area contributed by atoms with Crippen LogP contribution in [0, 0.1) is 10.1 Å². The topological polar surface area (TPSA) is 95.2 Å². The lowest BCUT2D eigenvalue weighted by molar-refractivity contribution is -0.383. The van der Waals surface area contributed by atoms with E-state index < -0.39 is 4.92 Å². The highest BCUT2D eigenvalue weighted by Crippen LogP contribution is 2.26. The van der Waals surface area contributed by atoms with Crippen molar-refractivity contribution in [2.24, 2.45) is 0 Å². The normalized spacial score (nSPS) is 10.5. The molecule has 2 aromatic rings. The second kappa shape index (κ2) is 2.44. The van der Waals surface area contributed by atoms with Crippen LogP contribution in [0.15, 0.2) is 22.6 Å². The number of anilines is 1. The summed E-state index contributed by atoms with van der Waals surface area (Å²) in [5.74, 6) is 0. The Bertz CT molecular complexity index is 477. The first kappa shape index (κ1) is 7.53. The lowest BCUT2D eigenvalue weighted by Gasteiger charge is -1.89. The van der Waals surface area contributed by atoms with Gasteiger partial charge in [-0.2, -0.15) is 4.98 Å². The van der Waals surface area contributed by atoms with Crippen LogP contribution in [0.2, 0.25) is 0 Å². The van der Waals surface area contributed by atoms with E-state index in [1.165, 1.54) is 12.1 Å². The molecule has 0 aliphatic carbocycles. The van der Waals surface area contributed by atoms with E-state index in [0.717, 1.165) is 0 Å². The molecule has 6 heteroatoms. The molecule has 1 aromatic carbocycles. The Balaban J connectivity index is 2.82. The number of nitrogens with two attached hydrogens (primary N) is 1. The molecular weight excluding hydrogens is 174 g/mol. The Kier molecular flexibility index (Phi) is 1.42. The smallest absolute Gasteiger partial charge is 0.313 e. The third kappa shape index (κ3) is 1.08. The first-order valence-electron chi connectivity index (χ1n) is 3.48. The molecule has 6 nitrogen and oxygen atoms in total. The molecule has 0 bridgehead atoms. The van der Waals surface area contributed by atoms with Crippen LogP contribution in [0.3, 0.4) is 0 Å². The molecule has 0 radical (unpaired) electrons. The van der Waals surface area contributed by atoms with Crippen LogP contribution < -0.4 is 5.73 Å². The lowest BCUT2D eigenvalue weighted by Crippen LogP contribution is -1.87. The number of hydrogen-bond acceptors (Lipinski definition) is 5. The molecule has 66 valence electrons. The highest BCUT2D eigenvalue weighted by molar-refractivity contribution is 5.83. The van der Waals surface area contributed by atoms with E-state index in [1.54, 1.807) is 6.07 Å². The van der Waals surface area contributed by atoms with Crippen molar-refractivity contribution in [1.82, 2.24) is 4.98 Å². The fourth-order valence-corrected chi connectivity index (χ4v) is 1.10. The van der Waals surface area contributed by atoms with Gasteiger partial charge in [-0.05, 0) is 6.07 Å². The van der Waals surface area contributed by atoms with Gasteiger partial charge in [0.1, 0.15) is 5.52 Å². The van der Waals surface area contributed by atoms with Gasteiger partial charge in [0, 0.05) is 6.07 Å². The first-order chi connectivity index (χ1) is 6.18. The third-order valence-electron chi connectivity index (χ3n) is 1.61. The van der Waals surface area contributed by atoms with Crippen LogP contribution in [0.4, 0.5) is 11.7 Å². The van der Waals surface area contributed by atoms with Crippen LogP contribution in [-0.4, -0.2) is 9.91 Å². The number of nitro benzene ring substituents is 1. The molecule has 0 saturated carbocycles. The van der Waals surface area contributed by atoms with Crippen molar-refractivity contribution in [3.8, 4) is 0 Å². The van der Waals surface area contributed by atoms with Gasteiger partial charge in [0.25, 0.3) is 6.01 Å². The molecule has 13 heavy (non-hydrogen) atoms. The number of hydrogen-bond donors (Lipinski definition) is 1. The van der Waals surface area contributed by atoms with Crippen LogP contribution in [-0.2, 0) is 0 Å². The van der Waals surface area contributed by atoms with Gasteiger partial charge in [-0.25, -0.2) is 0 Å². The number of rotatable bonds is 1. The van der Waals surface area contributed by atoms with Crippen molar-refractivity contribution in [3.63, 3.8) is 0 Å². The summed E-state index contributed by atoms with van der Waals surface area (Å²) in [5, 5.41) is 10.5. The number of nitrogen functional groups attached to an aromatic ring is 1. The van der Waals surface area contributed by atoms with Crippen LogP contribution in [0.25, 0.3) is 11.1 Å². The molecule has 0 aliphatic rings. The van der Waals surface area contributed by atoms with Gasteiger partial charge in [-0.3, -0.25) is 10.1 Å². The highest BCUT2D eigenvalue weighted by Gasteiger charge is 2.16. The van der Waals surface area contributed by atoms with E-state index in [2.05, 4.69) is 4.98 Å². The number of para-hydroxylation sites is 1. The van der Waals surface area contributed by atoms with E-state index in [4.69, 9.17) is 10.2 Å². The predicted molar refractivity (Wildman–Crippen MR) is 45.1 cm³/mol. The Morgan fingerprint density at radius 1 is 1.54 bits per heavy atom. The average molecular weight is 179 g/mol. The number of nitrogens with zero attached hydrogens (tertiary/aromatic N) is 2. The van der Waals surface area contributed by atoms with Gasteiger partial charge in [-0.1, -0.05) is 6.07 Å². The van der Waals surface area contributed by atoms with Crippen molar-refractivity contribution in [2.75, 3.05) is 5.73 Å². The van der Waals surface area contributed by atoms with Crippen molar-refractivity contribution < 1.29 is 9.34 Å². The van der Waals surface area contributed by atoms with E-state index in [1.807, 2.05) is 0 Å². The zero-order valence-corrected chi connectivity index (χ0v) is 6.43. The summed E-state index contributed by atoms with van der Waals surface area (Å²) in [6, 6.07) is 4.40. The molecular formula is C7H5N3O3. The zero-order chi connectivity index (χ0) is 9.42. The van der Waals surface area contributed by atoms with Crippen LogP contribution in [0.5, 0.6) is 0 Å². The fourth-order valence-electron chi connectivity index (χ4n) is 1.10. The van der Waals surface area contributed by atoms with Crippen LogP contribution >= 0.6 is 0 Å². The number of benzene rings is 1. The van der Waals surface area contributed by atoms with Gasteiger partial charge < -0.3 is 10.2 Å². The summed E-state index contributed by atoms with van der Waals surface area (Å²) in [4.78, 5) is 13.7. The summed E-state index contributed by atoms with van der Waals surface area (Å²) in [6.07, 6.45) is 0. The van der Waals surface area contributed by atoms with Crippen molar-refractivity contribution in [2.45, 2.75) is 0 Å². The predicted octanol–water partition coefficient (Wildman–Crippen LogP) is 1.32. The molecule has 0 amide bonds. The summed E-state index contributed by atoms with van der Waals surface area (Å²) >= 11 is 0. The van der Waals surface area contributed by atoms with Gasteiger partial charge >= 0.3 is 5.69 Å². The van der Waals surface area contributed by atoms with Crippen molar-refractivity contribution in [3.05, 3.63) is 28.3 Å². The standard InChI is InChI=1S/C7H5N3O3/c8-7-9-4-2-1-3-5(10(11)12)6(4)13-7/h1-3H,(H2,8,9). The Morgan fingerprint density at radius 2 is 2.31 bits per heavy atom. The summed E-state index contributed by atoms with van der Waals surface area (Å²) in [5.41, 5.74) is 5.65. The molecule has 0 atom stereocenters. The van der Waals surface area contributed by atoms with Gasteiger partial charge in [0.2, 0.25) is 5.58 Å². The molecule has 0 spiro atoms. The Hall–Kier alpha value is -2.11. The summed E-state index contributed by atoms with van der Waals surface area (Å²) < 4.78 is 4.89. The number of fused-ring (bicyclic) bond motifs is 1. The maximum atomic E-state index is 10.5. The minimum absolute atomic E-state index is 0.0655. The third-order valence-corrected chi connectivity index (χ3v) is 1.61. The van der Waals surface area contributed by atoms with Gasteiger partial charge in [0.15, 0.2) is 0 Å². The first-order valence-corrected chi connectivity index (χ1v) is 3.48. The van der Waals surface area contributed by atoms with Crippen LogP contribution in [0.1, 0.15) is 0 Å². The maximum Gasteiger partial charge on any atom is 0.313 e. The van der Waals surface area contributed by atoms with Gasteiger partial charge in [0.05, 0.1) is 4.92 Å². The minimum Gasteiger partial charge on any atom is -0.416 e. The fraction of sp³-hybridized carbons (Fsp3) is 0. The molecule has 0 saturated heterocycles. The quantitative estimate of drug-likeness (QED) is 0.526. The largest absolute Gasteiger partial charge is 0.416 e. The number of aromatic nitrogens is 1. The average Bonchev–Trinajstić information content (AvgIpc) is 2.43. The minimum atomic E-state index is -0.535. The molecule has 0 unspecified atom stereocenters. The number of non-ortho nitro benzene ring substituents is 1. The molecule has 1 heterocycles. The monoisotopic (exact) mass is 179 g/mol. The summed E-state index contributed by atoms with van der Waals surface area (Å²) in [7, 11) is 0. The van der Waals surface area contributed by atoms with Crippen molar-refractivity contribution in [1.29, 1.82) is 0 Å². The molecule has 0 fully saturated rings. The SMILES string of the molecule is Nc1nc2cccc([N+](=O)[O-])c2o1. The molecule has 2 N–H and O–H groups in total. The second-order valence-corrected chi connectivity index (χ2v) is 2.43. The molecule has 2 rings (SSSR count). The number of oxazole rings is 1. The van der Waals surface area contributed by atoms with E-state index in [-0.39, 0.29) is 17.3 Å². The highest BCUT2D eigenvalue weighted by atomic mass is 16.6. The van der Waals surface area contributed by atoms with E-state index in [9.17, 15) is 10.1 Å². The number of nitro groups is 1. The summed E-state index contributed by atoms with van der Waals surface area (Å²) in [6.45, 7) is 0. The maximum absolute atomic E-state index is 10.5. The Morgan fingerprint density at radius 3 is 3.00 bits per heavy atom. The molecule has 1 aromatic heterocycles. The van der Waals surface area contributed by atoms with Gasteiger partial charge in [-0.15, -0.1) is 0 Å². The lowest BCUT2D eigenvalue weighted by atomic mass is 10.3. The Labute approximate surface area is 72.1 Å².